The summed E-state index contributed by atoms with van der Waals surface area (Å²) in [5.41, 5.74) is 14.5. The van der Waals surface area contributed by atoms with Gasteiger partial charge in [0.25, 0.3) is 17.7 Å². The van der Waals surface area contributed by atoms with Gasteiger partial charge in [0.15, 0.2) is 0 Å². The van der Waals surface area contributed by atoms with Crippen LogP contribution in [0, 0.1) is 6.92 Å². The zero-order valence-corrected chi connectivity index (χ0v) is 20.0. The van der Waals surface area contributed by atoms with Gasteiger partial charge in [-0.25, -0.2) is 8.78 Å². The Morgan fingerprint density at radius 1 is 1.03 bits per heavy atom. The van der Waals surface area contributed by atoms with E-state index < -0.39 is 17.5 Å². The number of carbonyl (C=O) groups excluding carboxylic acids is 2. The molecule has 2 heterocycles. The third kappa shape index (κ3) is 6.09. The SMILES string of the molecule is CNC(=O)c1cc(-c2cc(-c3cc(NC(=O)C(/C=C(\N)C(C)(F)F)=C/N)ccc3C)ccn2)ccn1. The van der Waals surface area contributed by atoms with E-state index in [0.29, 0.717) is 23.9 Å². The Morgan fingerprint density at radius 2 is 1.72 bits per heavy atom. The van der Waals surface area contributed by atoms with Crippen LogP contribution in [0.1, 0.15) is 23.0 Å². The highest BCUT2D eigenvalue weighted by Crippen LogP contribution is 2.30. The molecule has 0 radical (unpaired) electrons. The molecule has 0 aliphatic carbocycles. The van der Waals surface area contributed by atoms with Gasteiger partial charge < -0.3 is 22.1 Å². The van der Waals surface area contributed by atoms with Gasteiger partial charge in [0.05, 0.1) is 17.0 Å². The van der Waals surface area contributed by atoms with Gasteiger partial charge in [-0.2, -0.15) is 0 Å². The predicted octanol–water partition coefficient (Wildman–Crippen LogP) is 3.76. The van der Waals surface area contributed by atoms with Crippen LogP contribution in [-0.4, -0.2) is 34.8 Å². The largest absolute Gasteiger partial charge is 0.404 e. The van der Waals surface area contributed by atoms with E-state index in [1.54, 1.807) is 30.5 Å². The number of benzene rings is 1. The number of aryl methyl sites for hydroxylation is 1. The fourth-order valence-electron chi connectivity index (χ4n) is 3.30. The van der Waals surface area contributed by atoms with Crippen LogP contribution in [0.5, 0.6) is 0 Å². The first kappa shape index (κ1) is 26.0. The number of rotatable bonds is 7. The second kappa shape index (κ2) is 10.8. The van der Waals surface area contributed by atoms with Gasteiger partial charge in [-0.05, 0) is 66.1 Å². The normalized spacial score (nSPS) is 12.2. The van der Waals surface area contributed by atoms with Crippen molar-refractivity contribution in [3.8, 4) is 22.4 Å². The first-order valence-electron chi connectivity index (χ1n) is 10.9. The molecule has 0 unspecified atom stereocenters. The number of halogens is 2. The van der Waals surface area contributed by atoms with Crippen molar-refractivity contribution in [1.29, 1.82) is 0 Å². The molecular weight excluding hydrogens is 466 g/mol. The van der Waals surface area contributed by atoms with E-state index >= 15 is 0 Å². The van der Waals surface area contributed by atoms with Crippen LogP contribution in [0.2, 0.25) is 0 Å². The zero-order valence-electron chi connectivity index (χ0n) is 20.0. The van der Waals surface area contributed by atoms with Crippen LogP contribution in [0.3, 0.4) is 0 Å². The van der Waals surface area contributed by atoms with Crippen molar-refractivity contribution < 1.29 is 18.4 Å². The number of pyridine rings is 2. The fraction of sp³-hybridized carbons (Fsp3) is 0.154. The first-order valence-corrected chi connectivity index (χ1v) is 10.9. The maximum Gasteiger partial charge on any atom is 0.284 e. The average Bonchev–Trinajstić information content (AvgIpc) is 2.87. The molecule has 2 aromatic heterocycles. The van der Waals surface area contributed by atoms with Crippen LogP contribution in [0.4, 0.5) is 14.5 Å². The Balaban J connectivity index is 1.92. The lowest BCUT2D eigenvalue weighted by atomic mass is 9.98. The minimum atomic E-state index is -3.29. The number of nitrogens with two attached hydrogens (primary N) is 2. The molecule has 36 heavy (non-hydrogen) atoms. The van der Waals surface area contributed by atoms with Gasteiger partial charge in [0.2, 0.25) is 0 Å². The van der Waals surface area contributed by atoms with Crippen LogP contribution >= 0.6 is 0 Å². The van der Waals surface area contributed by atoms with Crippen LogP contribution < -0.4 is 22.1 Å². The lowest BCUT2D eigenvalue weighted by molar-refractivity contribution is -0.112. The molecule has 186 valence electrons. The number of nitrogens with one attached hydrogen (secondary N) is 2. The van der Waals surface area contributed by atoms with E-state index in [2.05, 4.69) is 20.6 Å². The fourth-order valence-corrected chi connectivity index (χ4v) is 3.30. The molecule has 3 aromatic rings. The molecule has 3 rings (SSSR count). The molecular formula is C26H26F2N6O2. The number of hydrogen-bond donors (Lipinski definition) is 4. The summed E-state index contributed by atoms with van der Waals surface area (Å²) >= 11 is 0. The Morgan fingerprint density at radius 3 is 2.39 bits per heavy atom. The summed E-state index contributed by atoms with van der Waals surface area (Å²) in [5.74, 6) is -4.29. The maximum absolute atomic E-state index is 13.4. The lowest BCUT2D eigenvalue weighted by Crippen LogP contribution is -2.23. The van der Waals surface area contributed by atoms with Gasteiger partial charge in [0.1, 0.15) is 5.69 Å². The number of amides is 2. The summed E-state index contributed by atoms with van der Waals surface area (Å²) in [6.07, 6.45) is 4.94. The maximum atomic E-state index is 13.4. The van der Waals surface area contributed by atoms with Gasteiger partial charge >= 0.3 is 0 Å². The van der Waals surface area contributed by atoms with Gasteiger partial charge in [0, 0.05) is 43.8 Å². The number of hydrogen-bond acceptors (Lipinski definition) is 6. The van der Waals surface area contributed by atoms with Crippen molar-refractivity contribution in [2.75, 3.05) is 12.4 Å². The molecule has 8 nitrogen and oxygen atoms in total. The van der Waals surface area contributed by atoms with Gasteiger partial charge in [-0.15, -0.1) is 0 Å². The Labute approximate surface area is 207 Å². The van der Waals surface area contributed by atoms with E-state index in [-0.39, 0.29) is 17.2 Å². The Bertz CT molecular complexity index is 1360. The Kier molecular flexibility index (Phi) is 7.78. The van der Waals surface area contributed by atoms with Crippen molar-refractivity contribution in [3.63, 3.8) is 0 Å². The summed E-state index contributed by atoms with van der Waals surface area (Å²) in [5, 5.41) is 5.20. The molecule has 0 atom stereocenters. The number of aromatic nitrogens is 2. The number of alkyl halides is 2. The summed E-state index contributed by atoms with van der Waals surface area (Å²) in [7, 11) is 1.53. The van der Waals surface area contributed by atoms with Crippen LogP contribution in [0.25, 0.3) is 22.4 Å². The minimum absolute atomic E-state index is 0.202. The highest BCUT2D eigenvalue weighted by atomic mass is 19.3. The second-order valence-electron chi connectivity index (χ2n) is 8.03. The number of nitrogens with zero attached hydrogens (tertiary/aromatic N) is 2. The quantitative estimate of drug-likeness (QED) is 0.293. The summed E-state index contributed by atoms with van der Waals surface area (Å²) in [6, 6.07) is 12.3. The summed E-state index contributed by atoms with van der Waals surface area (Å²) < 4.78 is 26.8. The molecule has 1 aromatic carbocycles. The highest BCUT2D eigenvalue weighted by Gasteiger charge is 2.26. The number of anilines is 1. The monoisotopic (exact) mass is 492 g/mol. The summed E-state index contributed by atoms with van der Waals surface area (Å²) in [4.78, 5) is 33.1. The molecule has 0 saturated heterocycles. The van der Waals surface area contributed by atoms with E-state index in [1.807, 2.05) is 25.1 Å². The minimum Gasteiger partial charge on any atom is -0.404 e. The van der Waals surface area contributed by atoms with E-state index in [1.165, 1.54) is 13.2 Å². The molecule has 0 aliphatic heterocycles. The molecule has 0 fully saturated rings. The third-order valence-electron chi connectivity index (χ3n) is 5.34. The smallest absolute Gasteiger partial charge is 0.284 e. The van der Waals surface area contributed by atoms with E-state index in [0.717, 1.165) is 29.0 Å². The molecule has 0 aliphatic rings. The topological polar surface area (TPSA) is 136 Å². The van der Waals surface area contributed by atoms with E-state index in [4.69, 9.17) is 11.5 Å². The number of allylic oxidation sites excluding steroid dienone is 1. The molecule has 0 spiro atoms. The van der Waals surface area contributed by atoms with Crippen molar-refractivity contribution >= 4 is 17.5 Å². The van der Waals surface area contributed by atoms with Crippen LogP contribution in [0.15, 0.2) is 78.4 Å². The average molecular weight is 493 g/mol. The van der Waals surface area contributed by atoms with Crippen LogP contribution in [-0.2, 0) is 4.79 Å². The standard InChI is InChI=1S/C26H26F2N6O2/c1-15-4-5-19(34-24(35)18(14-29)12-23(30)26(2,27)28)13-20(15)16-6-8-32-21(10-16)17-7-9-33-22(11-17)25(36)31-3/h4-14H,29-30H2,1-3H3,(H,31,36)(H,34,35)/b18-14+,23-12-. The van der Waals surface area contributed by atoms with Gasteiger partial charge in [-0.1, -0.05) is 6.07 Å². The molecule has 10 heteroatoms. The predicted molar refractivity (Wildman–Crippen MR) is 135 cm³/mol. The van der Waals surface area contributed by atoms with Crippen molar-refractivity contribution in [1.82, 2.24) is 15.3 Å². The lowest BCUT2D eigenvalue weighted by Gasteiger charge is -2.13. The Hall–Kier alpha value is -4.60. The third-order valence-corrected chi connectivity index (χ3v) is 5.34. The first-order chi connectivity index (χ1) is 17.0. The molecule has 2 amide bonds. The van der Waals surface area contributed by atoms with Crippen molar-refractivity contribution in [2.24, 2.45) is 11.5 Å². The zero-order chi connectivity index (χ0) is 26.5. The molecule has 0 saturated carbocycles. The van der Waals surface area contributed by atoms with Gasteiger partial charge in [-0.3, -0.25) is 19.6 Å². The van der Waals surface area contributed by atoms with Crippen molar-refractivity contribution in [2.45, 2.75) is 19.8 Å². The molecule has 6 N–H and O–H groups in total. The van der Waals surface area contributed by atoms with E-state index in [9.17, 15) is 18.4 Å². The number of carbonyl (C=O) groups is 2. The molecule has 0 bridgehead atoms. The second-order valence-corrected chi connectivity index (χ2v) is 8.03. The highest BCUT2D eigenvalue weighted by molar-refractivity contribution is 6.06. The summed E-state index contributed by atoms with van der Waals surface area (Å²) in [6.45, 7) is 2.54. The van der Waals surface area contributed by atoms with Crippen molar-refractivity contribution in [3.05, 3.63) is 89.7 Å².